The number of aromatic nitrogens is 2. The van der Waals surface area contributed by atoms with Crippen molar-refractivity contribution in [3.8, 4) is 11.8 Å². The van der Waals surface area contributed by atoms with E-state index >= 15 is 0 Å². The van der Waals surface area contributed by atoms with Crippen LogP contribution in [0.1, 0.15) is 48.4 Å². The van der Waals surface area contributed by atoms with E-state index in [2.05, 4.69) is 41.7 Å². The number of benzene rings is 2. The zero-order chi connectivity index (χ0) is 24.2. The summed E-state index contributed by atoms with van der Waals surface area (Å²) in [7, 11) is 0. The lowest BCUT2D eigenvalue weighted by Crippen LogP contribution is -2.36. The fourth-order valence-corrected chi connectivity index (χ4v) is 5.27. The van der Waals surface area contributed by atoms with Crippen LogP contribution in [-0.2, 0) is 4.79 Å². The maximum absolute atomic E-state index is 11.1. The van der Waals surface area contributed by atoms with E-state index in [0.717, 1.165) is 66.9 Å². The normalized spacial score (nSPS) is 18.3. The zero-order valence-electron chi connectivity index (χ0n) is 19.9. The van der Waals surface area contributed by atoms with Crippen molar-refractivity contribution in [2.45, 2.75) is 31.6 Å². The lowest BCUT2D eigenvalue weighted by molar-refractivity contribution is -0.138. The molecule has 0 amide bonds. The molecular weight excluding hydrogens is 438 g/mol. The molecule has 0 spiro atoms. The van der Waals surface area contributed by atoms with Gasteiger partial charge in [-0.25, -0.2) is 4.68 Å². The number of aliphatic carboxylic acids is 1. The van der Waals surface area contributed by atoms with Gasteiger partial charge in [-0.05, 0) is 93.7 Å². The minimum Gasteiger partial charge on any atom is -0.480 e. The van der Waals surface area contributed by atoms with Crippen LogP contribution in [-0.4, -0.2) is 58.5 Å². The minimum absolute atomic E-state index is 0.0971. The average molecular weight is 470 g/mol. The number of hydrogen-bond donors (Lipinski definition) is 2. The summed E-state index contributed by atoms with van der Waals surface area (Å²) in [6.45, 7) is 3.78. The molecule has 3 aromatic rings. The van der Waals surface area contributed by atoms with E-state index in [1.54, 1.807) is 0 Å². The molecule has 0 atom stereocenters. The Labute approximate surface area is 205 Å². The number of nitrogens with one attached hydrogen (secondary N) is 1. The second-order valence-corrected chi connectivity index (χ2v) is 9.62. The summed E-state index contributed by atoms with van der Waals surface area (Å²) < 4.78 is 2.00. The fraction of sp³-hybridized carbons (Fsp3) is 0.393. The van der Waals surface area contributed by atoms with Gasteiger partial charge in [-0.15, -0.1) is 0 Å². The molecule has 0 bridgehead atoms. The van der Waals surface area contributed by atoms with E-state index in [9.17, 15) is 10.1 Å². The van der Waals surface area contributed by atoms with E-state index in [-0.39, 0.29) is 6.54 Å². The molecule has 3 heterocycles. The Morgan fingerprint density at radius 1 is 1.11 bits per heavy atom. The molecule has 2 aliphatic heterocycles. The molecule has 35 heavy (non-hydrogen) atoms. The topological polar surface area (TPSA) is 94.2 Å². The van der Waals surface area contributed by atoms with Crippen molar-refractivity contribution in [2.75, 3.05) is 32.7 Å². The number of allylic oxidation sites excluding steroid dienone is 1. The van der Waals surface area contributed by atoms with Gasteiger partial charge in [-0.3, -0.25) is 9.69 Å². The Morgan fingerprint density at radius 2 is 1.86 bits per heavy atom. The molecule has 180 valence electrons. The first-order valence-electron chi connectivity index (χ1n) is 12.5. The number of piperidine rings is 2. The smallest absolute Gasteiger partial charge is 0.317 e. The van der Waals surface area contributed by atoms with Crippen molar-refractivity contribution >= 4 is 22.9 Å². The van der Waals surface area contributed by atoms with Crippen LogP contribution in [0.2, 0.25) is 0 Å². The van der Waals surface area contributed by atoms with Crippen molar-refractivity contribution in [3.63, 3.8) is 0 Å². The van der Waals surface area contributed by atoms with E-state index in [1.807, 2.05) is 33.8 Å². The van der Waals surface area contributed by atoms with Crippen LogP contribution in [0.5, 0.6) is 0 Å². The van der Waals surface area contributed by atoms with Gasteiger partial charge in [0.05, 0.1) is 35.1 Å². The van der Waals surface area contributed by atoms with E-state index < -0.39 is 5.97 Å². The highest BCUT2D eigenvalue weighted by molar-refractivity contribution is 5.86. The van der Waals surface area contributed by atoms with Crippen LogP contribution < -0.4 is 5.32 Å². The molecule has 0 radical (unpaired) electrons. The number of carboxylic acids is 1. The lowest BCUT2D eigenvalue weighted by atomic mass is 9.91. The van der Waals surface area contributed by atoms with E-state index in [1.165, 1.54) is 12.8 Å². The van der Waals surface area contributed by atoms with Crippen LogP contribution in [0.4, 0.5) is 0 Å². The summed E-state index contributed by atoms with van der Waals surface area (Å²) in [4.78, 5) is 13.1. The van der Waals surface area contributed by atoms with Gasteiger partial charge in [0, 0.05) is 11.3 Å². The monoisotopic (exact) mass is 469 g/mol. The predicted molar refractivity (Wildman–Crippen MR) is 136 cm³/mol. The molecule has 7 heteroatoms. The van der Waals surface area contributed by atoms with E-state index in [4.69, 9.17) is 10.2 Å². The van der Waals surface area contributed by atoms with Crippen LogP contribution >= 0.6 is 0 Å². The van der Waals surface area contributed by atoms with Crippen molar-refractivity contribution in [2.24, 2.45) is 5.92 Å². The van der Waals surface area contributed by atoms with Gasteiger partial charge >= 0.3 is 5.97 Å². The maximum Gasteiger partial charge on any atom is 0.317 e. The number of nitriles is 1. The summed E-state index contributed by atoms with van der Waals surface area (Å²) in [5.74, 6) is 0.129. The number of rotatable bonds is 6. The van der Waals surface area contributed by atoms with Gasteiger partial charge in [0.2, 0.25) is 0 Å². The fourth-order valence-electron chi connectivity index (χ4n) is 5.27. The third-order valence-electron chi connectivity index (χ3n) is 7.25. The van der Waals surface area contributed by atoms with Gasteiger partial charge in [-0.1, -0.05) is 24.3 Å². The SMILES string of the molecule is N#Cc1ccc(-n2nc(C3CCN(CC(=O)O)CC3)c3ccc(C=CC4CCNCC4)cc32)cc1. The zero-order valence-corrected chi connectivity index (χ0v) is 19.9. The molecule has 0 unspecified atom stereocenters. The highest BCUT2D eigenvalue weighted by atomic mass is 16.4. The summed E-state index contributed by atoms with van der Waals surface area (Å²) >= 11 is 0. The Morgan fingerprint density at radius 3 is 2.54 bits per heavy atom. The molecule has 2 fully saturated rings. The Bertz CT molecular complexity index is 1260. The standard InChI is InChI=1S/C28H31N5O2/c29-18-22-3-6-24(7-4-22)33-26-17-21(2-1-20-9-13-30-14-10-20)5-8-25(26)28(31-33)23-11-15-32(16-12-23)19-27(34)35/h1-8,17,20,23,30H,9-16,19H2,(H,34,35). The summed E-state index contributed by atoms with van der Waals surface area (Å²) in [5, 5.41) is 28.0. The highest BCUT2D eigenvalue weighted by Gasteiger charge is 2.26. The number of nitrogens with zero attached hydrogens (tertiary/aromatic N) is 4. The first kappa shape index (κ1) is 23.3. The number of carbonyl (C=O) groups is 1. The highest BCUT2D eigenvalue weighted by Crippen LogP contribution is 2.34. The first-order valence-corrected chi connectivity index (χ1v) is 12.5. The van der Waals surface area contributed by atoms with Gasteiger partial charge in [0.25, 0.3) is 0 Å². The molecule has 7 nitrogen and oxygen atoms in total. The molecule has 2 saturated heterocycles. The second-order valence-electron chi connectivity index (χ2n) is 9.62. The van der Waals surface area contributed by atoms with Gasteiger partial charge in [0.1, 0.15) is 0 Å². The molecule has 5 rings (SSSR count). The number of fused-ring (bicyclic) bond motifs is 1. The molecule has 2 aromatic carbocycles. The van der Waals surface area contributed by atoms with Crippen LogP contribution in [0.25, 0.3) is 22.7 Å². The van der Waals surface area contributed by atoms with Crippen LogP contribution in [0, 0.1) is 17.2 Å². The van der Waals surface area contributed by atoms with Crippen molar-refractivity contribution in [3.05, 3.63) is 65.4 Å². The summed E-state index contributed by atoms with van der Waals surface area (Å²) in [6, 6.07) is 16.3. The quantitative estimate of drug-likeness (QED) is 0.563. The molecule has 0 aliphatic carbocycles. The molecule has 2 aliphatic rings. The Hall–Kier alpha value is -3.47. The molecular formula is C28H31N5O2. The van der Waals surface area contributed by atoms with Crippen molar-refractivity contribution in [1.82, 2.24) is 20.0 Å². The Balaban J connectivity index is 1.48. The van der Waals surface area contributed by atoms with Gasteiger partial charge in [-0.2, -0.15) is 10.4 Å². The van der Waals surface area contributed by atoms with Crippen LogP contribution in [0.3, 0.4) is 0 Å². The van der Waals surface area contributed by atoms with Crippen LogP contribution in [0.15, 0.2) is 48.5 Å². The molecule has 0 saturated carbocycles. The summed E-state index contributed by atoms with van der Waals surface area (Å²) in [6.07, 6.45) is 8.70. The van der Waals surface area contributed by atoms with Crippen molar-refractivity contribution < 1.29 is 9.90 Å². The van der Waals surface area contributed by atoms with Gasteiger partial charge < -0.3 is 10.4 Å². The minimum atomic E-state index is -0.774. The summed E-state index contributed by atoms with van der Waals surface area (Å²) in [5.41, 5.74) is 4.86. The first-order chi connectivity index (χ1) is 17.1. The number of hydrogen-bond acceptors (Lipinski definition) is 5. The lowest BCUT2D eigenvalue weighted by Gasteiger charge is -2.30. The number of carboxylic acid groups (broad SMARTS) is 1. The third kappa shape index (κ3) is 5.29. The van der Waals surface area contributed by atoms with E-state index in [0.29, 0.717) is 17.4 Å². The van der Waals surface area contributed by atoms with Crippen molar-refractivity contribution in [1.29, 1.82) is 5.26 Å². The average Bonchev–Trinajstić information content (AvgIpc) is 3.27. The predicted octanol–water partition coefficient (Wildman–Crippen LogP) is 4.17. The van der Waals surface area contributed by atoms with Gasteiger partial charge in [0.15, 0.2) is 0 Å². The second kappa shape index (κ2) is 10.4. The molecule has 2 N–H and O–H groups in total. The largest absolute Gasteiger partial charge is 0.480 e. The number of likely N-dealkylation sites (tertiary alicyclic amines) is 1. The third-order valence-corrected chi connectivity index (χ3v) is 7.25. The molecule has 1 aromatic heterocycles. The maximum atomic E-state index is 11.1. The Kier molecular flexibility index (Phi) is 6.94.